The molecule has 2 aromatic heterocycles. The van der Waals surface area contributed by atoms with Crippen molar-refractivity contribution in [3.05, 3.63) is 36.2 Å². The predicted molar refractivity (Wildman–Crippen MR) is 69.0 cm³/mol. The van der Waals surface area contributed by atoms with Gasteiger partial charge in [0.2, 0.25) is 0 Å². The van der Waals surface area contributed by atoms with E-state index in [1.54, 1.807) is 24.0 Å². The number of fused-ring (bicyclic) bond motifs is 1. The standard InChI is InChI=1S/C12H14ClN3O2/c1-18-8-9(6-13)15-12(17)10-7-14-16-5-3-2-4-11(10)16/h2-5,7,9H,6,8H2,1H3,(H,15,17). The maximum Gasteiger partial charge on any atom is 0.255 e. The summed E-state index contributed by atoms with van der Waals surface area (Å²) in [6, 6.07) is 5.35. The summed E-state index contributed by atoms with van der Waals surface area (Å²) in [6.07, 6.45) is 3.34. The van der Waals surface area contributed by atoms with Gasteiger partial charge in [0.05, 0.1) is 29.9 Å². The van der Waals surface area contributed by atoms with Crippen LogP contribution in [0.25, 0.3) is 5.52 Å². The molecule has 1 amide bonds. The molecule has 0 aliphatic heterocycles. The summed E-state index contributed by atoms with van der Waals surface area (Å²) in [4.78, 5) is 12.1. The summed E-state index contributed by atoms with van der Waals surface area (Å²) in [7, 11) is 1.57. The molecule has 0 spiro atoms. The van der Waals surface area contributed by atoms with E-state index in [-0.39, 0.29) is 11.9 Å². The van der Waals surface area contributed by atoms with Gasteiger partial charge in [0.25, 0.3) is 5.91 Å². The summed E-state index contributed by atoms with van der Waals surface area (Å²) >= 11 is 5.75. The lowest BCUT2D eigenvalue weighted by Gasteiger charge is -2.14. The quantitative estimate of drug-likeness (QED) is 0.832. The summed E-state index contributed by atoms with van der Waals surface area (Å²) in [5.74, 6) is 0.109. The largest absolute Gasteiger partial charge is 0.383 e. The first kappa shape index (κ1) is 12.9. The number of pyridine rings is 1. The molecule has 0 fully saturated rings. The average Bonchev–Trinajstić information content (AvgIpc) is 2.82. The normalized spacial score (nSPS) is 12.6. The Hall–Kier alpha value is -1.59. The van der Waals surface area contributed by atoms with Crippen LogP contribution >= 0.6 is 11.6 Å². The maximum atomic E-state index is 12.1. The zero-order valence-electron chi connectivity index (χ0n) is 9.97. The van der Waals surface area contributed by atoms with Gasteiger partial charge in [-0.25, -0.2) is 4.52 Å². The fraction of sp³-hybridized carbons (Fsp3) is 0.333. The van der Waals surface area contributed by atoms with Crippen LogP contribution in [-0.4, -0.2) is 41.2 Å². The molecule has 96 valence electrons. The number of methoxy groups -OCH3 is 1. The second-order valence-electron chi connectivity index (χ2n) is 3.87. The number of aromatic nitrogens is 2. The van der Waals surface area contributed by atoms with E-state index in [1.165, 1.54) is 0 Å². The Balaban J connectivity index is 2.18. The van der Waals surface area contributed by atoms with Crippen LogP contribution in [0.5, 0.6) is 0 Å². The van der Waals surface area contributed by atoms with Crippen molar-refractivity contribution in [1.82, 2.24) is 14.9 Å². The Labute approximate surface area is 110 Å². The minimum absolute atomic E-state index is 0.195. The topological polar surface area (TPSA) is 55.6 Å². The van der Waals surface area contributed by atoms with Crippen molar-refractivity contribution in [2.24, 2.45) is 0 Å². The lowest BCUT2D eigenvalue weighted by molar-refractivity contribution is 0.0908. The summed E-state index contributed by atoms with van der Waals surface area (Å²) in [5.41, 5.74) is 1.29. The molecule has 18 heavy (non-hydrogen) atoms. The Morgan fingerprint density at radius 1 is 1.61 bits per heavy atom. The third kappa shape index (κ3) is 2.63. The number of hydrogen-bond acceptors (Lipinski definition) is 3. The average molecular weight is 268 g/mol. The molecule has 0 saturated carbocycles. The van der Waals surface area contributed by atoms with E-state index < -0.39 is 0 Å². The highest BCUT2D eigenvalue weighted by Crippen LogP contribution is 2.10. The van der Waals surface area contributed by atoms with E-state index in [1.807, 2.05) is 18.2 Å². The minimum atomic E-state index is -0.206. The van der Waals surface area contributed by atoms with Gasteiger partial charge in [0, 0.05) is 19.2 Å². The van der Waals surface area contributed by atoms with Crippen molar-refractivity contribution in [3.63, 3.8) is 0 Å². The highest BCUT2D eigenvalue weighted by molar-refractivity contribution is 6.18. The van der Waals surface area contributed by atoms with Gasteiger partial charge in [-0.3, -0.25) is 4.79 Å². The van der Waals surface area contributed by atoms with Gasteiger partial charge < -0.3 is 10.1 Å². The van der Waals surface area contributed by atoms with Crippen LogP contribution in [0.15, 0.2) is 30.6 Å². The van der Waals surface area contributed by atoms with Crippen LogP contribution in [-0.2, 0) is 4.74 Å². The SMILES string of the molecule is COCC(CCl)NC(=O)c1cnn2ccccc12. The van der Waals surface area contributed by atoms with Crippen molar-refractivity contribution < 1.29 is 9.53 Å². The van der Waals surface area contributed by atoms with Crippen molar-refractivity contribution in [1.29, 1.82) is 0 Å². The van der Waals surface area contributed by atoms with Crippen LogP contribution in [0, 0.1) is 0 Å². The molecule has 5 nitrogen and oxygen atoms in total. The van der Waals surface area contributed by atoms with Gasteiger partial charge in [-0.2, -0.15) is 5.10 Å². The van der Waals surface area contributed by atoms with Crippen LogP contribution in [0.3, 0.4) is 0 Å². The van der Waals surface area contributed by atoms with E-state index in [0.29, 0.717) is 18.1 Å². The second-order valence-corrected chi connectivity index (χ2v) is 4.18. The van der Waals surface area contributed by atoms with Crippen LogP contribution < -0.4 is 5.32 Å². The van der Waals surface area contributed by atoms with E-state index in [0.717, 1.165) is 5.52 Å². The minimum Gasteiger partial charge on any atom is -0.383 e. The molecule has 2 heterocycles. The van der Waals surface area contributed by atoms with Gasteiger partial charge in [-0.15, -0.1) is 11.6 Å². The Morgan fingerprint density at radius 2 is 2.44 bits per heavy atom. The first-order chi connectivity index (χ1) is 8.76. The van der Waals surface area contributed by atoms with Crippen LogP contribution in [0.2, 0.25) is 0 Å². The maximum absolute atomic E-state index is 12.1. The molecule has 1 unspecified atom stereocenters. The molecule has 2 rings (SSSR count). The lowest BCUT2D eigenvalue weighted by Crippen LogP contribution is -2.39. The molecular formula is C12H14ClN3O2. The fourth-order valence-electron chi connectivity index (χ4n) is 1.70. The first-order valence-electron chi connectivity index (χ1n) is 5.54. The summed E-state index contributed by atoms with van der Waals surface area (Å²) in [5, 5.41) is 6.92. The monoisotopic (exact) mass is 267 g/mol. The van der Waals surface area contributed by atoms with E-state index >= 15 is 0 Å². The van der Waals surface area contributed by atoms with Crippen molar-refractivity contribution in [2.75, 3.05) is 19.6 Å². The third-order valence-corrected chi connectivity index (χ3v) is 2.93. The number of alkyl halides is 1. The smallest absolute Gasteiger partial charge is 0.255 e. The Kier molecular flexibility index (Phi) is 4.17. The molecule has 6 heteroatoms. The molecule has 0 saturated heterocycles. The number of carbonyl (C=O) groups is 1. The number of hydrogen-bond donors (Lipinski definition) is 1. The van der Waals surface area contributed by atoms with Gasteiger partial charge in [0.1, 0.15) is 0 Å². The number of halogens is 1. The van der Waals surface area contributed by atoms with Crippen LogP contribution in [0.1, 0.15) is 10.4 Å². The highest BCUT2D eigenvalue weighted by atomic mass is 35.5. The molecule has 1 N–H and O–H groups in total. The van der Waals surface area contributed by atoms with Gasteiger partial charge >= 0.3 is 0 Å². The Bertz CT molecular complexity index is 541. The van der Waals surface area contributed by atoms with Gasteiger partial charge in [-0.05, 0) is 12.1 Å². The van der Waals surface area contributed by atoms with Gasteiger partial charge in [-0.1, -0.05) is 6.07 Å². The molecule has 2 aromatic rings. The number of amides is 1. The predicted octanol–water partition coefficient (Wildman–Crippen LogP) is 1.32. The molecule has 0 aromatic carbocycles. The fourth-order valence-corrected chi connectivity index (χ4v) is 1.86. The van der Waals surface area contributed by atoms with E-state index in [9.17, 15) is 4.79 Å². The highest BCUT2D eigenvalue weighted by Gasteiger charge is 2.16. The zero-order valence-corrected chi connectivity index (χ0v) is 10.7. The van der Waals surface area contributed by atoms with Crippen molar-refractivity contribution in [2.45, 2.75) is 6.04 Å². The molecular weight excluding hydrogens is 254 g/mol. The van der Waals surface area contributed by atoms with Crippen LogP contribution in [0.4, 0.5) is 0 Å². The van der Waals surface area contributed by atoms with Gasteiger partial charge in [0.15, 0.2) is 0 Å². The second kappa shape index (κ2) is 5.84. The van der Waals surface area contributed by atoms with Crippen molar-refractivity contribution in [3.8, 4) is 0 Å². The molecule has 0 aliphatic rings. The number of rotatable bonds is 5. The molecule has 0 bridgehead atoms. The summed E-state index contributed by atoms with van der Waals surface area (Å²) in [6.45, 7) is 0.383. The third-order valence-electron chi connectivity index (χ3n) is 2.56. The van der Waals surface area contributed by atoms with E-state index in [2.05, 4.69) is 10.4 Å². The van der Waals surface area contributed by atoms with E-state index in [4.69, 9.17) is 16.3 Å². The molecule has 1 atom stereocenters. The zero-order chi connectivity index (χ0) is 13.0. The Morgan fingerprint density at radius 3 is 3.17 bits per heavy atom. The first-order valence-corrected chi connectivity index (χ1v) is 6.08. The number of nitrogens with one attached hydrogen (secondary N) is 1. The number of ether oxygens (including phenoxy) is 1. The molecule has 0 radical (unpaired) electrons. The summed E-state index contributed by atoms with van der Waals surface area (Å²) < 4.78 is 6.63. The van der Waals surface area contributed by atoms with Crippen molar-refractivity contribution >= 4 is 23.0 Å². The lowest BCUT2D eigenvalue weighted by atomic mass is 10.2. The number of nitrogens with zero attached hydrogens (tertiary/aromatic N) is 2. The molecule has 0 aliphatic carbocycles. The number of carbonyl (C=O) groups excluding carboxylic acids is 1.